The Labute approximate surface area is 209 Å². The largest absolute Gasteiger partial charge is 0.454 e. The zero-order chi connectivity index (χ0) is 24.3. The molecule has 1 aliphatic rings. The SMILES string of the molecule is CN1C(=CC(=O)COC(=O)c2ccc(CSc3ccc(Cl)cc3)cc2)C(C)(C)c2ccccc21. The number of carbonyl (C=O) groups excluding carboxylic acids is 2. The summed E-state index contributed by atoms with van der Waals surface area (Å²) in [5.74, 6) is 0.0207. The number of ether oxygens (including phenoxy) is 1. The maximum atomic E-state index is 12.6. The fourth-order valence-corrected chi connectivity index (χ4v) is 5.09. The normalized spacial score (nSPS) is 15.3. The van der Waals surface area contributed by atoms with E-state index in [0.717, 1.165) is 27.6 Å². The van der Waals surface area contributed by atoms with Gasteiger partial charge in [0.1, 0.15) is 0 Å². The van der Waals surface area contributed by atoms with Gasteiger partial charge in [0.25, 0.3) is 0 Å². The van der Waals surface area contributed by atoms with Crippen molar-refractivity contribution in [1.82, 2.24) is 0 Å². The van der Waals surface area contributed by atoms with E-state index in [9.17, 15) is 9.59 Å². The number of benzene rings is 3. The average Bonchev–Trinajstić information content (AvgIpc) is 3.03. The molecule has 0 radical (unpaired) electrons. The minimum Gasteiger partial charge on any atom is -0.454 e. The molecule has 0 fully saturated rings. The molecule has 0 saturated heterocycles. The Bertz CT molecular complexity index is 1230. The molecule has 0 N–H and O–H groups in total. The van der Waals surface area contributed by atoms with Crippen molar-refractivity contribution in [2.24, 2.45) is 0 Å². The molecule has 0 amide bonds. The van der Waals surface area contributed by atoms with Crippen LogP contribution in [0.2, 0.25) is 5.02 Å². The molecule has 4 nitrogen and oxygen atoms in total. The predicted molar refractivity (Wildman–Crippen MR) is 139 cm³/mol. The van der Waals surface area contributed by atoms with E-state index in [0.29, 0.717) is 10.6 Å². The summed E-state index contributed by atoms with van der Waals surface area (Å²) in [6, 6.07) is 23.1. The van der Waals surface area contributed by atoms with Crippen molar-refractivity contribution >= 4 is 40.8 Å². The number of hydrogen-bond acceptors (Lipinski definition) is 5. The third-order valence-corrected chi connectivity index (χ3v) is 7.33. The van der Waals surface area contributed by atoms with Crippen molar-refractivity contribution in [3.05, 3.63) is 106 Å². The summed E-state index contributed by atoms with van der Waals surface area (Å²) in [6.45, 7) is 3.89. The highest BCUT2D eigenvalue weighted by molar-refractivity contribution is 7.98. The Kier molecular flexibility index (Phi) is 7.15. The van der Waals surface area contributed by atoms with Gasteiger partial charge in [-0.3, -0.25) is 4.79 Å². The number of halogens is 1. The van der Waals surface area contributed by atoms with Gasteiger partial charge in [-0.05, 0) is 53.6 Å². The number of carbonyl (C=O) groups is 2. The first-order chi connectivity index (χ1) is 16.3. The van der Waals surface area contributed by atoms with E-state index in [2.05, 4.69) is 19.9 Å². The van der Waals surface area contributed by atoms with E-state index in [-0.39, 0.29) is 17.8 Å². The number of nitrogens with zero attached hydrogens (tertiary/aromatic N) is 1. The summed E-state index contributed by atoms with van der Waals surface area (Å²) in [5, 5.41) is 0.714. The summed E-state index contributed by atoms with van der Waals surface area (Å²) < 4.78 is 5.29. The third-order valence-electron chi connectivity index (χ3n) is 5.99. The molecule has 1 heterocycles. The molecule has 174 valence electrons. The third kappa shape index (κ3) is 5.21. The highest BCUT2D eigenvalue weighted by Crippen LogP contribution is 2.46. The second-order valence-corrected chi connectivity index (χ2v) is 10.2. The standard InChI is InChI=1S/C28H26ClNO3S/c1-28(2)24-6-4-5-7-25(24)30(3)26(28)16-22(31)17-33-27(32)20-10-8-19(9-11-20)18-34-23-14-12-21(29)13-15-23/h4-16H,17-18H2,1-3H3. The van der Waals surface area contributed by atoms with Gasteiger partial charge < -0.3 is 9.64 Å². The number of ketones is 1. The van der Waals surface area contributed by atoms with E-state index in [1.165, 1.54) is 5.56 Å². The lowest BCUT2D eigenvalue weighted by Gasteiger charge is -2.23. The van der Waals surface area contributed by atoms with Crippen molar-refractivity contribution in [2.75, 3.05) is 18.6 Å². The highest BCUT2D eigenvalue weighted by Gasteiger charge is 2.38. The molecule has 1 aliphatic heterocycles. The van der Waals surface area contributed by atoms with Crippen molar-refractivity contribution in [3.63, 3.8) is 0 Å². The molecule has 6 heteroatoms. The van der Waals surface area contributed by atoms with Gasteiger partial charge in [-0.15, -0.1) is 11.8 Å². The Morgan fingerprint density at radius 2 is 1.68 bits per heavy atom. The minimum absolute atomic E-state index is 0.243. The average molecular weight is 492 g/mol. The lowest BCUT2D eigenvalue weighted by Crippen LogP contribution is -2.25. The summed E-state index contributed by atoms with van der Waals surface area (Å²) in [7, 11) is 1.95. The second kappa shape index (κ2) is 10.1. The first-order valence-corrected chi connectivity index (χ1v) is 12.3. The van der Waals surface area contributed by atoms with Crippen LogP contribution in [0, 0.1) is 0 Å². The van der Waals surface area contributed by atoms with Crippen LogP contribution < -0.4 is 4.90 Å². The van der Waals surface area contributed by atoms with Crippen LogP contribution >= 0.6 is 23.4 Å². The van der Waals surface area contributed by atoms with Gasteiger partial charge in [-0.2, -0.15) is 0 Å². The maximum absolute atomic E-state index is 12.6. The maximum Gasteiger partial charge on any atom is 0.338 e. The van der Waals surface area contributed by atoms with Crippen molar-refractivity contribution < 1.29 is 14.3 Å². The van der Waals surface area contributed by atoms with Gasteiger partial charge in [-0.1, -0.05) is 55.8 Å². The Morgan fingerprint density at radius 3 is 2.35 bits per heavy atom. The van der Waals surface area contributed by atoms with Gasteiger partial charge in [0, 0.05) is 45.6 Å². The fraction of sp³-hybridized carbons (Fsp3) is 0.214. The Morgan fingerprint density at radius 1 is 1.00 bits per heavy atom. The van der Waals surface area contributed by atoms with E-state index in [1.807, 2.05) is 66.5 Å². The van der Waals surface area contributed by atoms with Gasteiger partial charge in [0.05, 0.1) is 5.56 Å². The number of esters is 1. The number of rotatable bonds is 7. The van der Waals surface area contributed by atoms with Crippen LogP contribution in [0.15, 0.2) is 89.5 Å². The van der Waals surface area contributed by atoms with E-state index < -0.39 is 5.97 Å². The van der Waals surface area contributed by atoms with Crippen LogP contribution in [0.25, 0.3) is 0 Å². The number of anilines is 1. The van der Waals surface area contributed by atoms with Gasteiger partial charge in [0.15, 0.2) is 12.4 Å². The van der Waals surface area contributed by atoms with Crippen LogP contribution in [0.3, 0.4) is 0 Å². The molecule has 0 unspecified atom stereocenters. The van der Waals surface area contributed by atoms with Crippen LogP contribution in [0.1, 0.15) is 35.3 Å². The number of hydrogen-bond donors (Lipinski definition) is 0. The van der Waals surface area contributed by atoms with Crippen molar-refractivity contribution in [1.29, 1.82) is 0 Å². The monoisotopic (exact) mass is 491 g/mol. The molecule has 0 spiro atoms. The minimum atomic E-state index is -0.508. The van der Waals surface area contributed by atoms with Crippen LogP contribution in [0.5, 0.6) is 0 Å². The predicted octanol–water partition coefficient (Wildman–Crippen LogP) is 6.67. The lowest BCUT2D eigenvalue weighted by atomic mass is 9.83. The number of likely N-dealkylation sites (N-methyl/N-ethyl adjacent to an activating group) is 1. The molecular formula is C28H26ClNO3S. The topological polar surface area (TPSA) is 46.6 Å². The molecule has 3 aromatic rings. The Hall–Kier alpha value is -3.02. The summed E-state index contributed by atoms with van der Waals surface area (Å²) in [5.41, 5.74) is 4.35. The summed E-state index contributed by atoms with van der Waals surface area (Å²) in [6.07, 6.45) is 1.59. The quantitative estimate of drug-likeness (QED) is 0.210. The highest BCUT2D eigenvalue weighted by atomic mass is 35.5. The molecule has 0 saturated carbocycles. The van der Waals surface area contributed by atoms with E-state index in [4.69, 9.17) is 16.3 Å². The zero-order valence-electron chi connectivity index (χ0n) is 19.4. The molecule has 4 rings (SSSR count). The summed E-state index contributed by atoms with van der Waals surface area (Å²) in [4.78, 5) is 28.2. The number of para-hydroxylation sites is 1. The van der Waals surface area contributed by atoms with Gasteiger partial charge in [0.2, 0.25) is 0 Å². The summed E-state index contributed by atoms with van der Waals surface area (Å²) >= 11 is 7.61. The van der Waals surface area contributed by atoms with Crippen LogP contribution in [-0.2, 0) is 20.7 Å². The van der Waals surface area contributed by atoms with Crippen molar-refractivity contribution in [2.45, 2.75) is 29.9 Å². The fourth-order valence-electron chi connectivity index (χ4n) is 4.11. The van der Waals surface area contributed by atoms with Crippen LogP contribution in [0.4, 0.5) is 5.69 Å². The zero-order valence-corrected chi connectivity index (χ0v) is 21.0. The molecule has 3 aromatic carbocycles. The first-order valence-electron chi connectivity index (χ1n) is 11.0. The van der Waals surface area contributed by atoms with Gasteiger partial charge in [-0.25, -0.2) is 4.79 Å². The number of fused-ring (bicyclic) bond motifs is 1. The molecule has 0 aliphatic carbocycles. The molecular weight excluding hydrogens is 466 g/mol. The van der Waals surface area contributed by atoms with Gasteiger partial charge >= 0.3 is 5.97 Å². The molecule has 0 bridgehead atoms. The smallest absolute Gasteiger partial charge is 0.338 e. The van der Waals surface area contributed by atoms with Crippen molar-refractivity contribution in [3.8, 4) is 0 Å². The van der Waals surface area contributed by atoms with E-state index in [1.54, 1.807) is 30.0 Å². The molecule has 34 heavy (non-hydrogen) atoms. The number of allylic oxidation sites excluding steroid dienone is 1. The number of thioether (sulfide) groups is 1. The lowest BCUT2D eigenvalue weighted by molar-refractivity contribution is -0.117. The Balaban J connectivity index is 1.33. The second-order valence-electron chi connectivity index (χ2n) is 8.71. The molecule has 0 atom stereocenters. The first kappa shape index (κ1) is 24.1. The molecule has 0 aromatic heterocycles. The van der Waals surface area contributed by atoms with Crippen LogP contribution in [-0.4, -0.2) is 25.4 Å². The van der Waals surface area contributed by atoms with E-state index >= 15 is 0 Å².